The van der Waals surface area contributed by atoms with E-state index in [0.717, 1.165) is 37.6 Å². The van der Waals surface area contributed by atoms with E-state index in [2.05, 4.69) is 20.5 Å². The maximum Gasteiger partial charge on any atom is 0.401 e. The quantitative estimate of drug-likeness (QED) is 0.220. The highest BCUT2D eigenvalue weighted by molar-refractivity contribution is 14.0. The van der Waals surface area contributed by atoms with Crippen LogP contribution in [0.15, 0.2) is 23.2 Å². The van der Waals surface area contributed by atoms with Gasteiger partial charge in [-0.15, -0.1) is 24.0 Å². The molecule has 1 aromatic rings. The van der Waals surface area contributed by atoms with E-state index in [-0.39, 0.29) is 43.1 Å². The summed E-state index contributed by atoms with van der Waals surface area (Å²) < 4.78 is 63.6. The van der Waals surface area contributed by atoms with Crippen molar-refractivity contribution in [3.05, 3.63) is 35.4 Å². The van der Waals surface area contributed by atoms with Gasteiger partial charge in [-0.1, -0.05) is 6.07 Å². The zero-order valence-corrected chi connectivity index (χ0v) is 20.1. The van der Waals surface area contributed by atoms with Crippen molar-refractivity contribution >= 4 is 29.9 Å². The average Bonchev–Trinajstić information content (AvgIpc) is 2.65. The van der Waals surface area contributed by atoms with Crippen LogP contribution in [0.2, 0.25) is 0 Å². The summed E-state index contributed by atoms with van der Waals surface area (Å²) in [5.74, 6) is -1.09. The van der Waals surface area contributed by atoms with Gasteiger partial charge in [0.1, 0.15) is 0 Å². The van der Waals surface area contributed by atoms with E-state index < -0.39 is 24.4 Å². The lowest BCUT2D eigenvalue weighted by Crippen LogP contribution is -2.48. The van der Waals surface area contributed by atoms with Crippen LogP contribution < -0.4 is 10.6 Å². The Morgan fingerprint density at radius 2 is 1.87 bits per heavy atom. The summed E-state index contributed by atoms with van der Waals surface area (Å²) in [6.45, 7) is 4.25. The Morgan fingerprint density at radius 3 is 2.45 bits per heavy atom. The maximum absolute atomic E-state index is 13.4. The maximum atomic E-state index is 13.4. The number of nitrogens with one attached hydrogen (secondary N) is 2. The lowest BCUT2D eigenvalue weighted by Gasteiger charge is -2.33. The third kappa shape index (κ3) is 10.8. The van der Waals surface area contributed by atoms with Crippen LogP contribution in [0.3, 0.4) is 0 Å². The van der Waals surface area contributed by atoms with E-state index in [1.54, 1.807) is 6.07 Å². The first-order chi connectivity index (χ1) is 14.2. The molecular formula is C20H31F5IN5. The number of alkyl halides is 3. The van der Waals surface area contributed by atoms with Crippen LogP contribution in [0.4, 0.5) is 22.0 Å². The molecule has 0 atom stereocenters. The summed E-state index contributed by atoms with van der Waals surface area (Å²) in [4.78, 5) is 7.76. The number of hydrogen-bond acceptors (Lipinski definition) is 3. The fourth-order valence-corrected chi connectivity index (χ4v) is 3.36. The molecule has 1 aliphatic rings. The summed E-state index contributed by atoms with van der Waals surface area (Å²) in [6, 6.07) is 4.15. The number of nitrogens with zero attached hydrogens (tertiary/aromatic N) is 3. The zero-order chi connectivity index (χ0) is 22.1. The molecule has 1 heterocycles. The van der Waals surface area contributed by atoms with Gasteiger partial charge in [-0.25, -0.2) is 8.78 Å². The molecule has 0 saturated carbocycles. The smallest absolute Gasteiger partial charge is 0.357 e. The van der Waals surface area contributed by atoms with Crippen molar-refractivity contribution in [2.24, 2.45) is 4.99 Å². The Hall–Kier alpha value is -1.21. The van der Waals surface area contributed by atoms with Crippen molar-refractivity contribution in [2.75, 3.05) is 46.3 Å². The molecule has 178 valence electrons. The topological polar surface area (TPSA) is 42.9 Å². The fourth-order valence-electron chi connectivity index (χ4n) is 3.36. The molecule has 0 spiro atoms. The molecule has 0 unspecified atom stereocenters. The van der Waals surface area contributed by atoms with Crippen LogP contribution in [0, 0.1) is 11.6 Å². The van der Waals surface area contributed by atoms with E-state index >= 15 is 0 Å². The molecule has 1 aromatic carbocycles. The van der Waals surface area contributed by atoms with Crippen molar-refractivity contribution in [2.45, 2.75) is 38.5 Å². The number of benzene rings is 1. The molecule has 0 amide bonds. The number of aliphatic imine (C=N–C) groups is 1. The number of piperidine rings is 1. The van der Waals surface area contributed by atoms with Gasteiger partial charge in [-0.3, -0.25) is 14.8 Å². The first-order valence-corrected chi connectivity index (χ1v) is 10.1. The molecule has 2 N–H and O–H groups in total. The largest absolute Gasteiger partial charge is 0.401 e. The third-order valence-electron chi connectivity index (χ3n) is 4.86. The summed E-state index contributed by atoms with van der Waals surface area (Å²) in [5.41, 5.74) is 0.734. The van der Waals surface area contributed by atoms with Crippen molar-refractivity contribution in [3.63, 3.8) is 0 Å². The van der Waals surface area contributed by atoms with Crippen molar-refractivity contribution in [1.29, 1.82) is 0 Å². The molecule has 0 aromatic heterocycles. The van der Waals surface area contributed by atoms with Crippen LogP contribution >= 0.6 is 24.0 Å². The van der Waals surface area contributed by atoms with Gasteiger partial charge in [0, 0.05) is 38.8 Å². The van der Waals surface area contributed by atoms with Crippen molar-refractivity contribution in [1.82, 2.24) is 20.4 Å². The Kier molecular flexibility index (Phi) is 12.0. The molecule has 1 fully saturated rings. The summed E-state index contributed by atoms with van der Waals surface area (Å²) >= 11 is 0. The highest BCUT2D eigenvalue weighted by Crippen LogP contribution is 2.16. The number of likely N-dealkylation sites (N-methyl/N-ethyl adjacent to an activating group) is 1. The molecule has 1 saturated heterocycles. The van der Waals surface area contributed by atoms with Gasteiger partial charge < -0.3 is 10.6 Å². The van der Waals surface area contributed by atoms with Gasteiger partial charge in [-0.2, -0.15) is 13.2 Å². The van der Waals surface area contributed by atoms with Crippen molar-refractivity contribution in [3.8, 4) is 0 Å². The first kappa shape index (κ1) is 27.8. The number of hydrogen-bond donors (Lipinski definition) is 2. The molecular weight excluding hydrogens is 532 g/mol. The van der Waals surface area contributed by atoms with Crippen LogP contribution in [-0.2, 0) is 6.54 Å². The molecule has 31 heavy (non-hydrogen) atoms. The number of rotatable bonds is 8. The Balaban J connectivity index is 0.00000480. The van der Waals surface area contributed by atoms with Crippen LogP contribution in [0.25, 0.3) is 0 Å². The minimum absolute atomic E-state index is 0. The molecule has 1 aliphatic heterocycles. The SMILES string of the molecule is CCNC(=NCCN(C)CC(F)(F)F)NC1CCN(Cc2ccc(F)c(F)c2)CC1.I. The van der Waals surface area contributed by atoms with Gasteiger partial charge >= 0.3 is 6.18 Å². The number of halogens is 6. The van der Waals surface area contributed by atoms with E-state index in [1.807, 2.05) is 6.92 Å². The van der Waals surface area contributed by atoms with Gasteiger partial charge in [-0.05, 0) is 44.5 Å². The Bertz CT molecular complexity index is 693. The minimum Gasteiger partial charge on any atom is -0.357 e. The Labute approximate surface area is 197 Å². The minimum atomic E-state index is -4.21. The van der Waals surface area contributed by atoms with E-state index in [0.29, 0.717) is 19.0 Å². The van der Waals surface area contributed by atoms with Gasteiger partial charge in [0.25, 0.3) is 0 Å². The summed E-state index contributed by atoms with van der Waals surface area (Å²) in [5, 5.41) is 6.46. The molecule has 0 radical (unpaired) electrons. The van der Waals surface area contributed by atoms with Crippen molar-refractivity contribution < 1.29 is 22.0 Å². The lowest BCUT2D eigenvalue weighted by molar-refractivity contribution is -0.142. The molecule has 0 bridgehead atoms. The zero-order valence-electron chi connectivity index (χ0n) is 17.8. The van der Waals surface area contributed by atoms with Gasteiger partial charge in [0.05, 0.1) is 13.1 Å². The predicted octanol–water partition coefficient (Wildman–Crippen LogP) is 3.60. The van der Waals surface area contributed by atoms with Crippen LogP contribution in [0.5, 0.6) is 0 Å². The van der Waals surface area contributed by atoms with Gasteiger partial charge in [0.2, 0.25) is 0 Å². The normalized spacial score (nSPS) is 16.3. The highest BCUT2D eigenvalue weighted by Gasteiger charge is 2.28. The molecule has 5 nitrogen and oxygen atoms in total. The predicted molar refractivity (Wildman–Crippen MR) is 123 cm³/mol. The van der Waals surface area contributed by atoms with E-state index in [1.165, 1.54) is 18.0 Å². The second-order valence-electron chi connectivity index (χ2n) is 7.56. The van der Waals surface area contributed by atoms with Gasteiger partial charge in [0.15, 0.2) is 17.6 Å². The standard InChI is InChI=1S/C20H30F5N5.HI/c1-3-26-19(27-8-11-29(2)14-20(23,24)25)28-16-6-9-30(10-7-16)13-15-4-5-17(21)18(22)12-15;/h4-5,12,16H,3,6-11,13-14H2,1-2H3,(H2,26,27,28);1H. The van der Waals surface area contributed by atoms with Crippen LogP contribution in [0.1, 0.15) is 25.3 Å². The van der Waals surface area contributed by atoms with Crippen LogP contribution in [-0.4, -0.2) is 74.3 Å². The summed E-state index contributed by atoms with van der Waals surface area (Å²) in [6.07, 6.45) is -2.51. The lowest BCUT2D eigenvalue weighted by atomic mass is 10.0. The molecule has 11 heteroatoms. The number of likely N-dealkylation sites (tertiary alicyclic amines) is 1. The fraction of sp³-hybridized carbons (Fsp3) is 0.650. The second-order valence-corrected chi connectivity index (χ2v) is 7.56. The monoisotopic (exact) mass is 563 g/mol. The average molecular weight is 563 g/mol. The van der Waals surface area contributed by atoms with E-state index in [9.17, 15) is 22.0 Å². The number of guanidine groups is 1. The molecule has 0 aliphatic carbocycles. The highest BCUT2D eigenvalue weighted by atomic mass is 127. The molecule has 2 rings (SSSR count). The third-order valence-corrected chi connectivity index (χ3v) is 4.86. The second kappa shape index (κ2) is 13.4. The van der Waals surface area contributed by atoms with E-state index in [4.69, 9.17) is 0 Å². The Morgan fingerprint density at radius 1 is 1.19 bits per heavy atom. The summed E-state index contributed by atoms with van der Waals surface area (Å²) in [7, 11) is 1.42. The first-order valence-electron chi connectivity index (χ1n) is 10.1.